The van der Waals surface area contributed by atoms with Crippen LogP contribution in [0.2, 0.25) is 0 Å². The number of amides is 1. The van der Waals surface area contributed by atoms with Crippen LogP contribution in [0.25, 0.3) is 0 Å². The van der Waals surface area contributed by atoms with Gasteiger partial charge in [-0.25, -0.2) is 0 Å². The number of aromatic nitrogens is 1. The average Bonchev–Trinajstić information content (AvgIpc) is 2.71. The van der Waals surface area contributed by atoms with Crippen molar-refractivity contribution in [2.45, 2.75) is 40.5 Å². The van der Waals surface area contributed by atoms with Gasteiger partial charge in [-0.1, -0.05) is 19.0 Å². The number of nitrogens with zero attached hydrogens (tertiary/aromatic N) is 2. The predicted octanol–water partition coefficient (Wildman–Crippen LogP) is 2.36. The van der Waals surface area contributed by atoms with Crippen LogP contribution in [0.3, 0.4) is 0 Å². The Labute approximate surface area is 121 Å². The standard InChI is InChI=1S/C15H26N2O3/c1-11(2)10-17(8-9-19-5)15(18)7-6-14-12(3)16-20-13(14)4/h11H,6-10H2,1-5H3. The normalized spacial score (nSPS) is 11.1. The summed E-state index contributed by atoms with van der Waals surface area (Å²) in [5.74, 6) is 1.42. The Morgan fingerprint density at radius 3 is 2.60 bits per heavy atom. The zero-order valence-corrected chi connectivity index (χ0v) is 13.2. The van der Waals surface area contributed by atoms with Gasteiger partial charge in [0, 0.05) is 32.2 Å². The molecule has 1 aromatic rings. The van der Waals surface area contributed by atoms with Gasteiger partial charge in [0.1, 0.15) is 5.76 Å². The van der Waals surface area contributed by atoms with Gasteiger partial charge >= 0.3 is 0 Å². The number of ether oxygens (including phenoxy) is 1. The number of carbonyl (C=O) groups is 1. The van der Waals surface area contributed by atoms with Crippen molar-refractivity contribution >= 4 is 5.91 Å². The zero-order valence-electron chi connectivity index (χ0n) is 13.2. The van der Waals surface area contributed by atoms with E-state index in [1.54, 1.807) is 7.11 Å². The average molecular weight is 282 g/mol. The van der Waals surface area contributed by atoms with E-state index in [-0.39, 0.29) is 5.91 Å². The van der Waals surface area contributed by atoms with Gasteiger partial charge in [-0.05, 0) is 26.2 Å². The van der Waals surface area contributed by atoms with Crippen molar-refractivity contribution in [2.24, 2.45) is 5.92 Å². The van der Waals surface area contributed by atoms with E-state index in [1.165, 1.54) is 0 Å². The maximum Gasteiger partial charge on any atom is 0.222 e. The summed E-state index contributed by atoms with van der Waals surface area (Å²) in [6, 6.07) is 0. The summed E-state index contributed by atoms with van der Waals surface area (Å²) < 4.78 is 10.2. The van der Waals surface area contributed by atoms with Crippen LogP contribution in [0.15, 0.2) is 4.52 Å². The molecule has 1 heterocycles. The van der Waals surface area contributed by atoms with Crippen molar-refractivity contribution in [3.05, 3.63) is 17.0 Å². The second kappa shape index (κ2) is 8.04. The molecule has 0 spiro atoms. The minimum atomic E-state index is 0.163. The minimum absolute atomic E-state index is 0.163. The lowest BCUT2D eigenvalue weighted by molar-refractivity contribution is -0.132. The molecule has 0 aliphatic heterocycles. The quantitative estimate of drug-likeness (QED) is 0.734. The van der Waals surface area contributed by atoms with Crippen molar-refractivity contribution < 1.29 is 14.1 Å². The number of rotatable bonds is 8. The van der Waals surface area contributed by atoms with Gasteiger partial charge in [-0.3, -0.25) is 4.79 Å². The molecule has 0 fully saturated rings. The highest BCUT2D eigenvalue weighted by atomic mass is 16.5. The van der Waals surface area contributed by atoms with Gasteiger partial charge in [0.2, 0.25) is 5.91 Å². The summed E-state index contributed by atoms with van der Waals surface area (Å²) >= 11 is 0. The predicted molar refractivity (Wildman–Crippen MR) is 77.6 cm³/mol. The SMILES string of the molecule is COCCN(CC(C)C)C(=O)CCc1c(C)noc1C. The number of hydrogen-bond acceptors (Lipinski definition) is 4. The number of aryl methyl sites for hydroxylation is 2. The number of methoxy groups -OCH3 is 1. The highest BCUT2D eigenvalue weighted by Crippen LogP contribution is 2.15. The molecule has 0 aromatic carbocycles. The van der Waals surface area contributed by atoms with E-state index in [4.69, 9.17) is 9.26 Å². The van der Waals surface area contributed by atoms with E-state index >= 15 is 0 Å². The van der Waals surface area contributed by atoms with Crippen molar-refractivity contribution in [2.75, 3.05) is 26.8 Å². The fourth-order valence-electron chi connectivity index (χ4n) is 2.21. The van der Waals surface area contributed by atoms with Gasteiger partial charge in [-0.2, -0.15) is 0 Å². The van der Waals surface area contributed by atoms with Crippen molar-refractivity contribution in [1.82, 2.24) is 10.1 Å². The fraction of sp³-hybridized carbons (Fsp3) is 0.733. The van der Waals surface area contributed by atoms with Crippen LogP contribution in [0, 0.1) is 19.8 Å². The molecule has 0 aliphatic rings. The van der Waals surface area contributed by atoms with E-state index in [0.29, 0.717) is 31.9 Å². The lowest BCUT2D eigenvalue weighted by atomic mass is 10.1. The first-order valence-electron chi connectivity index (χ1n) is 7.14. The molecule has 20 heavy (non-hydrogen) atoms. The maximum absolute atomic E-state index is 12.3. The molecule has 5 nitrogen and oxygen atoms in total. The molecule has 1 rings (SSSR count). The summed E-state index contributed by atoms with van der Waals surface area (Å²) in [5, 5.41) is 3.92. The summed E-state index contributed by atoms with van der Waals surface area (Å²) in [5.41, 5.74) is 1.93. The monoisotopic (exact) mass is 282 g/mol. The number of hydrogen-bond donors (Lipinski definition) is 0. The van der Waals surface area contributed by atoms with E-state index < -0.39 is 0 Å². The Hall–Kier alpha value is -1.36. The first-order valence-corrected chi connectivity index (χ1v) is 7.14. The van der Waals surface area contributed by atoms with Crippen LogP contribution in [-0.4, -0.2) is 42.8 Å². The molecule has 0 aliphatic carbocycles. The van der Waals surface area contributed by atoms with Crippen molar-refractivity contribution in [1.29, 1.82) is 0 Å². The lowest BCUT2D eigenvalue weighted by Gasteiger charge is -2.24. The molecule has 0 radical (unpaired) electrons. The van der Waals surface area contributed by atoms with Gasteiger partial charge in [0.15, 0.2) is 0 Å². The summed E-state index contributed by atoms with van der Waals surface area (Å²) in [7, 11) is 1.65. The van der Waals surface area contributed by atoms with E-state index in [2.05, 4.69) is 19.0 Å². The first-order chi connectivity index (χ1) is 9.45. The highest BCUT2D eigenvalue weighted by Gasteiger charge is 2.17. The van der Waals surface area contributed by atoms with Crippen LogP contribution in [-0.2, 0) is 16.0 Å². The zero-order chi connectivity index (χ0) is 15.1. The van der Waals surface area contributed by atoms with Gasteiger partial charge in [0.05, 0.1) is 12.3 Å². The topological polar surface area (TPSA) is 55.6 Å². The Morgan fingerprint density at radius 1 is 1.40 bits per heavy atom. The van der Waals surface area contributed by atoms with Crippen LogP contribution in [0.5, 0.6) is 0 Å². The Bertz CT molecular complexity index is 407. The van der Waals surface area contributed by atoms with Crippen LogP contribution >= 0.6 is 0 Å². The molecule has 0 saturated heterocycles. The molecule has 5 heteroatoms. The fourth-order valence-corrected chi connectivity index (χ4v) is 2.21. The summed E-state index contributed by atoms with van der Waals surface area (Å²) in [6.07, 6.45) is 1.17. The first kappa shape index (κ1) is 16.7. The highest BCUT2D eigenvalue weighted by molar-refractivity contribution is 5.76. The van der Waals surface area contributed by atoms with Crippen molar-refractivity contribution in [3.63, 3.8) is 0 Å². The molecule has 1 amide bonds. The molecular weight excluding hydrogens is 256 g/mol. The third-order valence-electron chi connectivity index (χ3n) is 3.27. The third-order valence-corrected chi connectivity index (χ3v) is 3.27. The van der Waals surface area contributed by atoms with E-state index in [0.717, 1.165) is 23.6 Å². The lowest BCUT2D eigenvalue weighted by Crippen LogP contribution is -2.36. The number of carbonyl (C=O) groups excluding carboxylic acids is 1. The molecule has 1 aromatic heterocycles. The van der Waals surface area contributed by atoms with E-state index in [1.807, 2.05) is 18.7 Å². The second-order valence-corrected chi connectivity index (χ2v) is 5.53. The van der Waals surface area contributed by atoms with Gasteiger partial charge in [0.25, 0.3) is 0 Å². The molecular formula is C15H26N2O3. The van der Waals surface area contributed by atoms with E-state index in [9.17, 15) is 4.79 Å². The van der Waals surface area contributed by atoms with Gasteiger partial charge < -0.3 is 14.2 Å². The minimum Gasteiger partial charge on any atom is -0.383 e. The van der Waals surface area contributed by atoms with Crippen molar-refractivity contribution in [3.8, 4) is 0 Å². The molecule has 0 N–H and O–H groups in total. The Balaban J connectivity index is 2.57. The summed E-state index contributed by atoms with van der Waals surface area (Å²) in [6.45, 7) is 10.0. The van der Waals surface area contributed by atoms with Gasteiger partial charge in [-0.15, -0.1) is 0 Å². The molecule has 0 saturated carbocycles. The summed E-state index contributed by atoms with van der Waals surface area (Å²) in [4.78, 5) is 14.2. The second-order valence-electron chi connectivity index (χ2n) is 5.53. The van der Waals surface area contributed by atoms with Crippen LogP contribution in [0.4, 0.5) is 0 Å². The maximum atomic E-state index is 12.3. The van der Waals surface area contributed by atoms with Crippen LogP contribution < -0.4 is 0 Å². The molecule has 114 valence electrons. The Morgan fingerprint density at radius 2 is 2.10 bits per heavy atom. The Kier molecular flexibility index (Phi) is 6.71. The smallest absolute Gasteiger partial charge is 0.222 e. The molecule has 0 unspecified atom stereocenters. The molecule has 0 atom stereocenters. The third kappa shape index (κ3) is 4.96. The van der Waals surface area contributed by atoms with Crippen LogP contribution in [0.1, 0.15) is 37.3 Å². The molecule has 0 bridgehead atoms. The largest absolute Gasteiger partial charge is 0.383 e.